The van der Waals surface area contributed by atoms with Gasteiger partial charge in [0, 0.05) is 56.7 Å². The van der Waals surface area contributed by atoms with E-state index >= 15 is 0 Å². The van der Waals surface area contributed by atoms with E-state index in [1.807, 2.05) is 36.4 Å². The number of carbonyl (C=O) groups excluding carboxylic acids is 1. The maximum atomic E-state index is 12.9. The molecule has 2 aliphatic rings. The van der Waals surface area contributed by atoms with Gasteiger partial charge in [0.15, 0.2) is 5.82 Å². The number of carbonyl (C=O) groups is 1. The van der Waals surface area contributed by atoms with Crippen LogP contribution in [0.25, 0.3) is 0 Å². The van der Waals surface area contributed by atoms with Crippen molar-refractivity contribution in [2.24, 2.45) is 0 Å². The number of rotatable bonds is 10. The van der Waals surface area contributed by atoms with E-state index in [9.17, 15) is 9.36 Å². The molecule has 1 aromatic heterocycles. The SMILES string of the molecule is C=CC(=O)Nc1cc(Nc2ncc(Cl)c(Nc3ccccc3P(C)(C)=O)n2)c(OC)cc1N1CCC(N2CCN(C)CC2)C1. The van der Waals surface area contributed by atoms with Gasteiger partial charge in [-0.3, -0.25) is 9.69 Å². The lowest BCUT2D eigenvalue weighted by Gasteiger charge is -2.36. The molecule has 2 aromatic carbocycles. The molecule has 1 unspecified atom stereocenters. The number of halogens is 1. The van der Waals surface area contributed by atoms with Gasteiger partial charge in [-0.25, -0.2) is 4.98 Å². The minimum atomic E-state index is -2.57. The zero-order chi connectivity index (χ0) is 31.4. The Morgan fingerprint density at radius 1 is 1.09 bits per heavy atom. The van der Waals surface area contributed by atoms with Crippen LogP contribution in [0.5, 0.6) is 5.75 Å². The minimum absolute atomic E-state index is 0.258. The molecule has 3 heterocycles. The highest BCUT2D eigenvalue weighted by Crippen LogP contribution is 2.41. The van der Waals surface area contributed by atoms with Gasteiger partial charge in [-0.15, -0.1) is 0 Å². The number of para-hydroxylation sites is 1. The van der Waals surface area contributed by atoms with E-state index in [4.69, 9.17) is 16.3 Å². The number of benzene rings is 2. The van der Waals surface area contributed by atoms with E-state index in [0.717, 1.165) is 51.4 Å². The summed E-state index contributed by atoms with van der Waals surface area (Å²) in [5.74, 6) is 0.868. The van der Waals surface area contributed by atoms with E-state index in [2.05, 4.69) is 54.2 Å². The number of nitrogens with one attached hydrogen (secondary N) is 3. The third kappa shape index (κ3) is 7.35. The largest absolute Gasteiger partial charge is 0.494 e. The predicted molar refractivity (Wildman–Crippen MR) is 181 cm³/mol. The van der Waals surface area contributed by atoms with Gasteiger partial charge in [-0.1, -0.05) is 30.3 Å². The van der Waals surface area contributed by atoms with Gasteiger partial charge in [0.25, 0.3) is 0 Å². The highest BCUT2D eigenvalue weighted by molar-refractivity contribution is 7.70. The first kappa shape index (κ1) is 31.8. The van der Waals surface area contributed by atoms with Crippen molar-refractivity contribution in [3.05, 3.63) is 60.3 Å². The molecule has 13 heteroatoms. The van der Waals surface area contributed by atoms with Crippen molar-refractivity contribution in [3.8, 4) is 5.75 Å². The highest BCUT2D eigenvalue weighted by Gasteiger charge is 2.31. The highest BCUT2D eigenvalue weighted by atomic mass is 35.5. The first-order chi connectivity index (χ1) is 21.0. The van der Waals surface area contributed by atoms with Crippen LogP contribution in [0.15, 0.2) is 55.3 Å². The number of hydrogen-bond donors (Lipinski definition) is 3. The normalized spacial score (nSPS) is 17.8. The average molecular weight is 639 g/mol. The van der Waals surface area contributed by atoms with Crippen LogP contribution in [0.4, 0.5) is 34.5 Å². The molecule has 3 aromatic rings. The van der Waals surface area contributed by atoms with Crippen LogP contribution in [0.1, 0.15) is 6.42 Å². The summed E-state index contributed by atoms with van der Waals surface area (Å²) in [4.78, 5) is 28.7. The van der Waals surface area contributed by atoms with Crippen molar-refractivity contribution in [1.29, 1.82) is 0 Å². The smallest absolute Gasteiger partial charge is 0.247 e. The molecule has 1 amide bonds. The zero-order valence-electron chi connectivity index (χ0n) is 25.6. The maximum absolute atomic E-state index is 12.9. The summed E-state index contributed by atoms with van der Waals surface area (Å²) in [6.07, 6.45) is 3.79. The number of hydrogen-bond acceptors (Lipinski definition) is 10. The van der Waals surface area contributed by atoms with Gasteiger partial charge < -0.3 is 35.1 Å². The van der Waals surface area contributed by atoms with Crippen LogP contribution in [0.3, 0.4) is 0 Å². The number of nitrogens with zero attached hydrogens (tertiary/aromatic N) is 5. The van der Waals surface area contributed by atoms with Crippen LogP contribution in [0.2, 0.25) is 5.02 Å². The molecular weight excluding hydrogens is 599 g/mol. The van der Waals surface area contributed by atoms with Gasteiger partial charge in [-0.2, -0.15) is 4.98 Å². The van der Waals surface area contributed by atoms with E-state index in [1.165, 1.54) is 12.3 Å². The molecule has 11 nitrogen and oxygen atoms in total. The fourth-order valence-corrected chi connectivity index (χ4v) is 6.93. The minimum Gasteiger partial charge on any atom is -0.494 e. The number of anilines is 6. The topological polar surface area (TPSA) is 115 Å². The molecule has 0 radical (unpaired) electrons. The van der Waals surface area contributed by atoms with Crippen molar-refractivity contribution in [3.63, 3.8) is 0 Å². The van der Waals surface area contributed by atoms with E-state index in [-0.39, 0.29) is 11.9 Å². The van der Waals surface area contributed by atoms with Crippen LogP contribution in [-0.4, -0.2) is 98.5 Å². The second-order valence-electron chi connectivity index (χ2n) is 11.5. The van der Waals surface area contributed by atoms with Gasteiger partial charge in [-0.05, 0) is 51.1 Å². The Morgan fingerprint density at radius 3 is 2.55 bits per heavy atom. The van der Waals surface area contributed by atoms with Crippen LogP contribution in [0, 0.1) is 0 Å². The zero-order valence-corrected chi connectivity index (χ0v) is 27.3. The lowest BCUT2D eigenvalue weighted by Crippen LogP contribution is -2.49. The van der Waals surface area contributed by atoms with E-state index in [1.54, 1.807) is 20.4 Å². The Kier molecular flexibility index (Phi) is 9.80. The number of methoxy groups -OCH3 is 1. The molecule has 0 saturated carbocycles. The first-order valence-electron chi connectivity index (χ1n) is 14.6. The first-order valence-corrected chi connectivity index (χ1v) is 17.6. The van der Waals surface area contributed by atoms with E-state index < -0.39 is 7.14 Å². The average Bonchev–Trinajstić information content (AvgIpc) is 3.49. The predicted octanol–water partition coefficient (Wildman–Crippen LogP) is 4.82. The Balaban J connectivity index is 1.42. The Morgan fingerprint density at radius 2 is 1.84 bits per heavy atom. The van der Waals surface area contributed by atoms with Crippen molar-refractivity contribution in [2.75, 3.05) is 87.6 Å². The van der Waals surface area contributed by atoms with Gasteiger partial charge in [0.1, 0.15) is 17.9 Å². The van der Waals surface area contributed by atoms with Crippen LogP contribution < -0.4 is 30.9 Å². The van der Waals surface area contributed by atoms with Crippen LogP contribution in [-0.2, 0) is 9.36 Å². The fourth-order valence-electron chi connectivity index (χ4n) is 5.64. The summed E-state index contributed by atoms with van der Waals surface area (Å²) >= 11 is 6.46. The monoisotopic (exact) mass is 638 g/mol. The molecule has 2 saturated heterocycles. The quantitative estimate of drug-likeness (QED) is 0.211. The molecule has 44 heavy (non-hydrogen) atoms. The third-order valence-corrected chi connectivity index (χ3v) is 9.87. The van der Waals surface area contributed by atoms with Crippen LogP contribution >= 0.6 is 18.7 Å². The molecule has 0 aliphatic carbocycles. The molecule has 0 spiro atoms. The summed E-state index contributed by atoms with van der Waals surface area (Å²) in [7, 11) is 1.20. The third-order valence-electron chi connectivity index (χ3n) is 8.05. The fraction of sp³-hybridized carbons (Fsp3) is 0.387. The summed E-state index contributed by atoms with van der Waals surface area (Å²) < 4.78 is 18.7. The van der Waals surface area contributed by atoms with Crippen molar-refractivity contribution >= 4 is 64.5 Å². The van der Waals surface area contributed by atoms with Gasteiger partial charge in [0.05, 0.1) is 36.1 Å². The van der Waals surface area contributed by atoms with E-state index in [0.29, 0.717) is 45.0 Å². The van der Waals surface area contributed by atoms with Crippen molar-refractivity contribution < 1.29 is 14.1 Å². The molecule has 5 rings (SSSR count). The Labute approximate surface area is 264 Å². The van der Waals surface area contributed by atoms with Gasteiger partial charge >= 0.3 is 0 Å². The van der Waals surface area contributed by atoms with Crippen molar-refractivity contribution in [2.45, 2.75) is 12.5 Å². The maximum Gasteiger partial charge on any atom is 0.247 e. The number of aromatic nitrogens is 2. The standard InChI is InChI=1S/C31H40ClN8O3P/c1-6-29(41)34-24-17-25(27(43-3)18-26(24)40-12-11-21(20-40)39-15-13-38(2)14-16-39)36-31-33-19-22(32)30(37-31)35-23-9-7-8-10-28(23)44(4,5)42/h6-10,17-19,21H,1,11-16,20H2,2-5H3,(H,34,41)(H2,33,35,36,37). The Bertz CT molecular complexity index is 1570. The summed E-state index contributed by atoms with van der Waals surface area (Å²) in [6.45, 7) is 13.0. The van der Waals surface area contributed by atoms with Crippen molar-refractivity contribution in [1.82, 2.24) is 19.8 Å². The number of amides is 1. The second-order valence-corrected chi connectivity index (χ2v) is 15.1. The molecule has 2 fully saturated rings. The summed E-state index contributed by atoms with van der Waals surface area (Å²) in [6, 6.07) is 11.6. The lowest BCUT2D eigenvalue weighted by atomic mass is 10.2. The summed E-state index contributed by atoms with van der Waals surface area (Å²) in [5.41, 5.74) is 2.72. The molecule has 0 bridgehead atoms. The number of piperazine rings is 1. The number of ether oxygens (including phenoxy) is 1. The molecule has 2 aliphatic heterocycles. The second kappa shape index (κ2) is 13.6. The number of likely N-dealkylation sites (N-methyl/N-ethyl adjacent to an activating group) is 1. The summed E-state index contributed by atoms with van der Waals surface area (Å²) in [5, 5.41) is 10.4. The van der Waals surface area contributed by atoms with Gasteiger partial charge in [0.2, 0.25) is 11.9 Å². The molecule has 3 N–H and O–H groups in total. The molecule has 234 valence electrons. The Hall–Kier alpha value is -3.63. The molecular formula is C31H40ClN8O3P. The molecule has 1 atom stereocenters. The lowest BCUT2D eigenvalue weighted by molar-refractivity contribution is -0.111.